The zero-order valence-electron chi connectivity index (χ0n) is 10.2. The van der Waals surface area contributed by atoms with Crippen LogP contribution in [0, 0.1) is 10.1 Å². The fourth-order valence-corrected chi connectivity index (χ4v) is 4.32. The predicted molar refractivity (Wildman–Crippen MR) is 78.0 cm³/mol. The minimum absolute atomic E-state index is 0.104. The molecule has 0 saturated carbocycles. The third-order valence-electron chi connectivity index (χ3n) is 3.13. The van der Waals surface area contributed by atoms with Gasteiger partial charge >= 0.3 is 0 Å². The van der Waals surface area contributed by atoms with E-state index in [1.165, 1.54) is 18.9 Å². The SMILES string of the molecule is O=[N+]([O-])c1ccc2sc(SC[C@@H]3CCCN3)nc2c1. The smallest absolute Gasteiger partial charge is 0.271 e. The predicted octanol–water partition coefficient (Wildman–Crippen LogP) is 3.05. The number of hydrogen-bond acceptors (Lipinski definition) is 6. The molecular weight excluding hydrogens is 282 g/mol. The molecule has 1 aromatic carbocycles. The maximum Gasteiger partial charge on any atom is 0.271 e. The zero-order chi connectivity index (χ0) is 13.2. The van der Waals surface area contributed by atoms with E-state index in [2.05, 4.69) is 10.3 Å². The number of fused-ring (bicyclic) bond motifs is 1. The summed E-state index contributed by atoms with van der Waals surface area (Å²) < 4.78 is 2.00. The summed E-state index contributed by atoms with van der Waals surface area (Å²) in [6, 6.07) is 5.44. The minimum atomic E-state index is -0.381. The topological polar surface area (TPSA) is 68.1 Å². The summed E-state index contributed by atoms with van der Waals surface area (Å²) in [6.07, 6.45) is 2.47. The Morgan fingerprint density at radius 2 is 2.47 bits per heavy atom. The molecule has 0 aliphatic carbocycles. The lowest BCUT2D eigenvalue weighted by Gasteiger charge is -2.06. The van der Waals surface area contributed by atoms with Crippen LogP contribution >= 0.6 is 23.1 Å². The number of aromatic nitrogens is 1. The molecule has 7 heteroatoms. The number of nitro benzene ring substituents is 1. The first-order valence-corrected chi connectivity index (χ1v) is 7.94. The van der Waals surface area contributed by atoms with Gasteiger partial charge in [-0.1, -0.05) is 11.8 Å². The first-order valence-electron chi connectivity index (χ1n) is 6.13. The first-order chi connectivity index (χ1) is 9.22. The van der Waals surface area contributed by atoms with Crippen molar-refractivity contribution in [2.45, 2.75) is 23.2 Å². The fourth-order valence-electron chi connectivity index (χ4n) is 2.14. The van der Waals surface area contributed by atoms with Gasteiger partial charge in [0.2, 0.25) is 0 Å². The largest absolute Gasteiger partial charge is 0.313 e. The number of thioether (sulfide) groups is 1. The zero-order valence-corrected chi connectivity index (χ0v) is 11.8. The summed E-state index contributed by atoms with van der Waals surface area (Å²) in [5.41, 5.74) is 0.827. The van der Waals surface area contributed by atoms with Gasteiger partial charge in [0.15, 0.2) is 4.34 Å². The summed E-state index contributed by atoms with van der Waals surface area (Å²) in [4.78, 5) is 14.8. The third kappa shape index (κ3) is 2.88. The molecule has 0 amide bonds. The van der Waals surface area contributed by atoms with Crippen molar-refractivity contribution in [1.29, 1.82) is 0 Å². The molecule has 1 fully saturated rings. The van der Waals surface area contributed by atoms with Gasteiger partial charge in [0, 0.05) is 23.9 Å². The standard InChI is InChI=1S/C12H13N3O2S2/c16-15(17)9-3-4-11-10(6-9)14-12(19-11)18-7-8-2-1-5-13-8/h3-4,6,8,13H,1-2,5,7H2/t8-/m0/s1. The molecule has 0 bridgehead atoms. The van der Waals surface area contributed by atoms with Gasteiger partial charge in [0.1, 0.15) is 0 Å². The van der Waals surface area contributed by atoms with Crippen LogP contribution < -0.4 is 5.32 Å². The number of nitrogens with zero attached hydrogens (tertiary/aromatic N) is 2. The van der Waals surface area contributed by atoms with Crippen molar-refractivity contribution in [3.63, 3.8) is 0 Å². The van der Waals surface area contributed by atoms with Crippen LogP contribution in [0.2, 0.25) is 0 Å². The van der Waals surface area contributed by atoms with E-state index in [4.69, 9.17) is 0 Å². The third-order valence-corrected chi connectivity index (χ3v) is 5.47. The Hall–Kier alpha value is -1.18. The highest BCUT2D eigenvalue weighted by atomic mass is 32.2. The van der Waals surface area contributed by atoms with Crippen LogP contribution in [0.5, 0.6) is 0 Å². The minimum Gasteiger partial charge on any atom is -0.313 e. The number of benzene rings is 1. The fraction of sp³-hybridized carbons (Fsp3) is 0.417. The van der Waals surface area contributed by atoms with Crippen LogP contribution in [0.25, 0.3) is 10.2 Å². The monoisotopic (exact) mass is 295 g/mol. The molecular formula is C12H13N3O2S2. The molecule has 3 rings (SSSR count). The van der Waals surface area contributed by atoms with Crippen molar-refractivity contribution in [1.82, 2.24) is 10.3 Å². The molecule has 1 aromatic heterocycles. The van der Waals surface area contributed by atoms with E-state index in [1.807, 2.05) is 0 Å². The molecule has 0 unspecified atom stereocenters. The number of non-ortho nitro benzene ring substituents is 1. The highest BCUT2D eigenvalue weighted by Crippen LogP contribution is 2.32. The van der Waals surface area contributed by atoms with Crippen molar-refractivity contribution < 1.29 is 4.92 Å². The van der Waals surface area contributed by atoms with Crippen molar-refractivity contribution >= 4 is 39.0 Å². The summed E-state index contributed by atoms with van der Waals surface area (Å²) in [5, 5.41) is 14.2. The second-order valence-corrected chi connectivity index (χ2v) is 6.79. The van der Waals surface area contributed by atoms with Gasteiger partial charge < -0.3 is 5.32 Å². The number of thiazole rings is 1. The highest BCUT2D eigenvalue weighted by Gasteiger charge is 2.16. The number of hydrogen-bond donors (Lipinski definition) is 1. The Labute approximate surface area is 118 Å². The highest BCUT2D eigenvalue weighted by molar-refractivity contribution is 8.01. The lowest BCUT2D eigenvalue weighted by molar-refractivity contribution is -0.384. The maximum absolute atomic E-state index is 10.7. The maximum atomic E-state index is 10.7. The Balaban J connectivity index is 1.75. The van der Waals surface area contributed by atoms with Gasteiger partial charge in [0.25, 0.3) is 5.69 Å². The van der Waals surface area contributed by atoms with Gasteiger partial charge in [-0.15, -0.1) is 11.3 Å². The molecule has 0 spiro atoms. The van der Waals surface area contributed by atoms with E-state index < -0.39 is 0 Å². The molecule has 0 radical (unpaired) electrons. The number of nitro groups is 1. The van der Waals surface area contributed by atoms with Crippen LogP contribution in [0.3, 0.4) is 0 Å². The molecule has 1 aliphatic heterocycles. The Morgan fingerprint density at radius 1 is 1.58 bits per heavy atom. The average Bonchev–Trinajstić information content (AvgIpc) is 3.04. The van der Waals surface area contributed by atoms with Crippen LogP contribution in [0.4, 0.5) is 5.69 Å². The number of nitrogens with one attached hydrogen (secondary N) is 1. The van der Waals surface area contributed by atoms with Crippen LogP contribution in [-0.2, 0) is 0 Å². The lowest BCUT2D eigenvalue weighted by atomic mass is 10.3. The van der Waals surface area contributed by atoms with Crippen molar-refractivity contribution in [2.24, 2.45) is 0 Å². The molecule has 1 saturated heterocycles. The number of rotatable bonds is 4. The van der Waals surface area contributed by atoms with Crippen molar-refractivity contribution in [3.05, 3.63) is 28.3 Å². The van der Waals surface area contributed by atoms with E-state index in [9.17, 15) is 10.1 Å². The van der Waals surface area contributed by atoms with E-state index in [0.717, 1.165) is 26.9 Å². The van der Waals surface area contributed by atoms with E-state index in [1.54, 1.807) is 35.2 Å². The molecule has 1 N–H and O–H groups in total. The second kappa shape index (κ2) is 5.44. The summed E-state index contributed by atoms with van der Waals surface area (Å²) in [5.74, 6) is 1.02. The van der Waals surface area contributed by atoms with Crippen LogP contribution in [0.15, 0.2) is 22.5 Å². The molecule has 2 heterocycles. The van der Waals surface area contributed by atoms with Crippen molar-refractivity contribution in [3.8, 4) is 0 Å². The Kier molecular flexibility index (Phi) is 3.67. The average molecular weight is 295 g/mol. The van der Waals surface area contributed by atoms with E-state index >= 15 is 0 Å². The lowest BCUT2D eigenvalue weighted by Crippen LogP contribution is -2.23. The summed E-state index contributed by atoms with van der Waals surface area (Å²) in [6.45, 7) is 1.11. The van der Waals surface area contributed by atoms with Gasteiger partial charge in [-0.05, 0) is 25.5 Å². The van der Waals surface area contributed by atoms with Crippen LogP contribution in [-0.4, -0.2) is 28.2 Å². The molecule has 100 valence electrons. The normalized spacial score (nSPS) is 19.1. The Bertz CT molecular complexity index is 608. The quantitative estimate of drug-likeness (QED) is 0.533. The van der Waals surface area contributed by atoms with Crippen LogP contribution in [0.1, 0.15) is 12.8 Å². The first kappa shape index (κ1) is 12.8. The van der Waals surface area contributed by atoms with Gasteiger partial charge in [-0.25, -0.2) is 4.98 Å². The summed E-state index contributed by atoms with van der Waals surface area (Å²) in [7, 11) is 0. The summed E-state index contributed by atoms with van der Waals surface area (Å²) >= 11 is 3.34. The van der Waals surface area contributed by atoms with Gasteiger partial charge in [0.05, 0.1) is 15.1 Å². The van der Waals surface area contributed by atoms with Gasteiger partial charge in [-0.3, -0.25) is 10.1 Å². The molecule has 2 aromatic rings. The van der Waals surface area contributed by atoms with E-state index in [0.29, 0.717) is 6.04 Å². The van der Waals surface area contributed by atoms with Crippen molar-refractivity contribution in [2.75, 3.05) is 12.3 Å². The Morgan fingerprint density at radius 3 is 3.21 bits per heavy atom. The molecule has 1 atom stereocenters. The molecule has 5 nitrogen and oxygen atoms in total. The molecule has 19 heavy (non-hydrogen) atoms. The van der Waals surface area contributed by atoms with Gasteiger partial charge in [-0.2, -0.15) is 0 Å². The molecule has 1 aliphatic rings. The van der Waals surface area contributed by atoms with E-state index in [-0.39, 0.29) is 10.6 Å². The second-order valence-electron chi connectivity index (χ2n) is 4.49.